The molecule has 2 rings (SSSR count). The average Bonchev–Trinajstić information content (AvgIpc) is 2.98. The molecule has 0 bridgehead atoms. The molecule has 0 spiro atoms. The highest BCUT2D eigenvalue weighted by Gasteiger charge is 2.37. The number of benzene rings is 1. The highest BCUT2D eigenvalue weighted by molar-refractivity contribution is 9.13. The van der Waals surface area contributed by atoms with Gasteiger partial charge in [0.1, 0.15) is 0 Å². The lowest BCUT2D eigenvalue weighted by Gasteiger charge is -2.03. The van der Waals surface area contributed by atoms with Crippen molar-refractivity contribution in [3.63, 3.8) is 0 Å². The van der Waals surface area contributed by atoms with E-state index in [4.69, 9.17) is 0 Å². The van der Waals surface area contributed by atoms with Crippen LogP contribution in [-0.2, 0) is 0 Å². The minimum absolute atomic E-state index is 0.772. The number of rotatable bonds is 4. The summed E-state index contributed by atoms with van der Waals surface area (Å²) in [7, 11) is 0. The van der Waals surface area contributed by atoms with Crippen LogP contribution in [0.15, 0.2) is 27.1 Å². The Morgan fingerprint density at radius 1 is 1.33 bits per heavy atom. The molecule has 0 saturated heterocycles. The zero-order chi connectivity index (χ0) is 10.8. The molecule has 0 aromatic heterocycles. The van der Waals surface area contributed by atoms with Crippen LogP contribution in [0.3, 0.4) is 0 Å². The lowest BCUT2D eigenvalue weighted by molar-refractivity contribution is 0.649. The lowest BCUT2D eigenvalue weighted by Crippen LogP contribution is -2.16. The third-order valence-corrected chi connectivity index (χ3v) is 4.83. The van der Waals surface area contributed by atoms with E-state index in [0.29, 0.717) is 0 Å². The van der Waals surface area contributed by atoms with Crippen LogP contribution in [0.1, 0.15) is 24.8 Å². The van der Waals surface area contributed by atoms with Gasteiger partial charge in [0, 0.05) is 8.95 Å². The molecule has 3 heteroatoms. The van der Waals surface area contributed by atoms with Crippen molar-refractivity contribution in [2.24, 2.45) is 5.92 Å². The van der Waals surface area contributed by atoms with Gasteiger partial charge < -0.3 is 5.32 Å². The van der Waals surface area contributed by atoms with E-state index in [-0.39, 0.29) is 0 Å². The molecule has 1 fully saturated rings. The van der Waals surface area contributed by atoms with Crippen molar-refractivity contribution >= 4 is 31.9 Å². The van der Waals surface area contributed by atoms with Crippen molar-refractivity contribution in [1.82, 2.24) is 5.32 Å². The summed E-state index contributed by atoms with van der Waals surface area (Å²) in [5.41, 5.74) is 1.47. The molecule has 1 nitrogen and oxygen atoms in total. The molecule has 1 saturated carbocycles. The topological polar surface area (TPSA) is 12.0 Å². The van der Waals surface area contributed by atoms with Crippen molar-refractivity contribution in [2.75, 3.05) is 13.1 Å². The van der Waals surface area contributed by atoms with E-state index in [2.05, 4.69) is 62.3 Å². The molecular weight excluding hydrogens is 318 g/mol. The predicted molar refractivity (Wildman–Crippen MR) is 71.2 cm³/mol. The maximum atomic E-state index is 3.55. The first kappa shape index (κ1) is 11.6. The Labute approximate surface area is 108 Å². The van der Waals surface area contributed by atoms with Gasteiger partial charge in [0.15, 0.2) is 0 Å². The second-order valence-electron chi connectivity index (χ2n) is 4.08. The van der Waals surface area contributed by atoms with E-state index < -0.39 is 0 Å². The zero-order valence-corrected chi connectivity index (χ0v) is 11.9. The quantitative estimate of drug-likeness (QED) is 0.881. The van der Waals surface area contributed by atoms with Crippen molar-refractivity contribution in [3.8, 4) is 0 Å². The number of nitrogens with one attached hydrogen (secondary N) is 1. The molecule has 1 aliphatic carbocycles. The van der Waals surface area contributed by atoms with Crippen molar-refractivity contribution in [3.05, 3.63) is 32.7 Å². The van der Waals surface area contributed by atoms with Crippen LogP contribution in [-0.4, -0.2) is 13.1 Å². The Morgan fingerprint density at radius 3 is 2.80 bits per heavy atom. The Bertz CT molecular complexity index is 351. The lowest BCUT2D eigenvalue weighted by atomic mass is 10.1. The normalized spacial score (nSPS) is 24.2. The monoisotopic (exact) mass is 331 g/mol. The Balaban J connectivity index is 1.98. The summed E-state index contributed by atoms with van der Waals surface area (Å²) >= 11 is 7.05. The van der Waals surface area contributed by atoms with Gasteiger partial charge in [0.25, 0.3) is 0 Å². The summed E-state index contributed by atoms with van der Waals surface area (Å²) < 4.78 is 2.30. The van der Waals surface area contributed by atoms with E-state index in [9.17, 15) is 0 Å². The molecule has 1 N–H and O–H groups in total. The van der Waals surface area contributed by atoms with E-state index in [1.54, 1.807) is 0 Å². The summed E-state index contributed by atoms with van der Waals surface area (Å²) in [4.78, 5) is 0. The first-order valence-corrected chi connectivity index (χ1v) is 6.96. The minimum atomic E-state index is 0.772. The third kappa shape index (κ3) is 2.83. The fourth-order valence-electron chi connectivity index (χ4n) is 1.95. The summed E-state index contributed by atoms with van der Waals surface area (Å²) in [6.45, 7) is 4.40. The highest BCUT2D eigenvalue weighted by Crippen LogP contribution is 2.47. The van der Waals surface area contributed by atoms with Gasteiger partial charge in [-0.25, -0.2) is 0 Å². The van der Waals surface area contributed by atoms with Crippen molar-refractivity contribution in [1.29, 1.82) is 0 Å². The highest BCUT2D eigenvalue weighted by atomic mass is 79.9. The second kappa shape index (κ2) is 4.98. The predicted octanol–water partition coefficient (Wildman–Crippen LogP) is 3.92. The van der Waals surface area contributed by atoms with E-state index >= 15 is 0 Å². The van der Waals surface area contributed by atoms with Gasteiger partial charge in [-0.15, -0.1) is 0 Å². The molecular formula is C12H15Br2N. The van der Waals surface area contributed by atoms with Gasteiger partial charge in [-0.05, 0) is 80.9 Å². The number of hydrogen-bond donors (Lipinski definition) is 1. The van der Waals surface area contributed by atoms with Gasteiger partial charge in [-0.3, -0.25) is 0 Å². The van der Waals surface area contributed by atoms with E-state index in [1.807, 2.05) is 0 Å². The third-order valence-electron chi connectivity index (χ3n) is 2.95. The van der Waals surface area contributed by atoms with Crippen molar-refractivity contribution < 1.29 is 0 Å². The molecule has 15 heavy (non-hydrogen) atoms. The fraction of sp³-hybridized carbons (Fsp3) is 0.500. The van der Waals surface area contributed by atoms with E-state index in [1.165, 1.54) is 12.0 Å². The average molecular weight is 333 g/mol. The van der Waals surface area contributed by atoms with Gasteiger partial charge >= 0.3 is 0 Å². The maximum absolute atomic E-state index is 3.55. The van der Waals surface area contributed by atoms with Gasteiger partial charge in [-0.2, -0.15) is 0 Å². The molecule has 2 atom stereocenters. The summed E-state index contributed by atoms with van der Waals surface area (Å²) in [6, 6.07) is 6.59. The maximum Gasteiger partial charge on any atom is 0.0320 e. The molecule has 0 aliphatic heterocycles. The molecule has 2 unspecified atom stereocenters. The van der Waals surface area contributed by atoms with Crippen LogP contribution in [0.2, 0.25) is 0 Å². The van der Waals surface area contributed by atoms with Gasteiger partial charge in [0.2, 0.25) is 0 Å². The largest absolute Gasteiger partial charge is 0.317 e. The minimum Gasteiger partial charge on any atom is -0.317 e. The number of halogens is 2. The van der Waals surface area contributed by atoms with Crippen LogP contribution in [0, 0.1) is 5.92 Å². The zero-order valence-electron chi connectivity index (χ0n) is 8.76. The SMILES string of the molecule is CCNCC1CC1c1ccc(Br)c(Br)c1. The summed E-state index contributed by atoms with van der Waals surface area (Å²) in [5, 5.41) is 3.41. The first-order valence-electron chi connectivity index (χ1n) is 5.38. The van der Waals surface area contributed by atoms with Crippen LogP contribution in [0.4, 0.5) is 0 Å². The smallest absolute Gasteiger partial charge is 0.0320 e. The van der Waals surface area contributed by atoms with Crippen LogP contribution < -0.4 is 5.32 Å². The van der Waals surface area contributed by atoms with Crippen LogP contribution in [0.25, 0.3) is 0 Å². The Morgan fingerprint density at radius 2 is 2.13 bits per heavy atom. The molecule has 82 valence electrons. The van der Waals surface area contributed by atoms with Crippen LogP contribution in [0.5, 0.6) is 0 Å². The molecule has 0 amide bonds. The Kier molecular flexibility index (Phi) is 3.86. The second-order valence-corrected chi connectivity index (χ2v) is 5.79. The molecule has 1 aromatic rings. The molecule has 0 heterocycles. The molecule has 1 aromatic carbocycles. The summed E-state index contributed by atoms with van der Waals surface area (Å²) in [5.74, 6) is 1.62. The van der Waals surface area contributed by atoms with Crippen LogP contribution >= 0.6 is 31.9 Å². The van der Waals surface area contributed by atoms with Crippen molar-refractivity contribution in [2.45, 2.75) is 19.3 Å². The first-order chi connectivity index (χ1) is 7.22. The fourth-order valence-corrected chi connectivity index (χ4v) is 2.60. The van der Waals surface area contributed by atoms with Gasteiger partial charge in [0.05, 0.1) is 0 Å². The van der Waals surface area contributed by atoms with E-state index in [0.717, 1.165) is 33.9 Å². The number of hydrogen-bond acceptors (Lipinski definition) is 1. The summed E-state index contributed by atoms with van der Waals surface area (Å²) in [6.07, 6.45) is 1.33. The molecule has 1 aliphatic rings. The molecule has 0 radical (unpaired) electrons. The van der Waals surface area contributed by atoms with Gasteiger partial charge in [-0.1, -0.05) is 13.0 Å². The standard InChI is InChI=1S/C12H15Br2N/c1-2-15-7-9-5-10(9)8-3-4-11(13)12(14)6-8/h3-4,6,9-10,15H,2,5,7H2,1H3. The Hall–Kier alpha value is 0.140.